The summed E-state index contributed by atoms with van der Waals surface area (Å²) in [5.74, 6) is -0.481. The quantitative estimate of drug-likeness (QED) is 0.813. The third-order valence-corrected chi connectivity index (χ3v) is 3.55. The number of carboxylic acid groups (broad SMARTS) is 1. The van der Waals surface area contributed by atoms with Crippen LogP contribution >= 0.6 is 0 Å². The number of carboxylic acids is 1. The lowest BCUT2D eigenvalue weighted by Crippen LogP contribution is -2.12. The molecule has 1 aromatic carbocycles. The lowest BCUT2D eigenvalue weighted by molar-refractivity contribution is -0.0923. The Morgan fingerprint density at radius 3 is 2.64 bits per heavy atom. The normalized spacial score (nSPS) is 16.1. The minimum atomic E-state index is -1.29. The van der Waals surface area contributed by atoms with E-state index in [1.54, 1.807) is 6.92 Å². The van der Waals surface area contributed by atoms with Crippen LogP contribution in [-0.2, 0) is 11.3 Å². The fourth-order valence-corrected chi connectivity index (χ4v) is 2.53. The Morgan fingerprint density at radius 2 is 2.09 bits per heavy atom. The van der Waals surface area contributed by atoms with Crippen molar-refractivity contribution < 1.29 is 29.2 Å². The van der Waals surface area contributed by atoms with Gasteiger partial charge in [0.2, 0.25) is 0 Å². The predicted molar refractivity (Wildman–Crippen MR) is 79.4 cm³/mol. The molecular formula is C16H20O6. The van der Waals surface area contributed by atoms with E-state index >= 15 is 0 Å². The van der Waals surface area contributed by atoms with Crippen LogP contribution in [0.15, 0.2) is 11.6 Å². The first-order chi connectivity index (χ1) is 10.4. The molecule has 0 radical (unpaired) electrons. The van der Waals surface area contributed by atoms with Crippen LogP contribution in [-0.4, -0.2) is 29.9 Å². The van der Waals surface area contributed by atoms with Gasteiger partial charge in [0.05, 0.1) is 13.7 Å². The van der Waals surface area contributed by atoms with Gasteiger partial charge in [0, 0.05) is 16.7 Å². The first kappa shape index (κ1) is 16.3. The maximum absolute atomic E-state index is 11.6. The van der Waals surface area contributed by atoms with Crippen molar-refractivity contribution in [3.8, 4) is 11.5 Å². The third kappa shape index (κ3) is 2.80. The second-order valence-electron chi connectivity index (χ2n) is 5.32. The van der Waals surface area contributed by atoms with Crippen LogP contribution in [0, 0.1) is 6.92 Å². The topological polar surface area (TPSA) is 85.2 Å². The highest BCUT2D eigenvalue weighted by Crippen LogP contribution is 2.45. The number of aromatic carboxylic acids is 1. The van der Waals surface area contributed by atoms with E-state index in [0.717, 1.165) is 5.57 Å². The number of methoxy groups -OCH3 is 1. The molecule has 0 aliphatic carbocycles. The number of benzene rings is 1. The van der Waals surface area contributed by atoms with Crippen molar-refractivity contribution in [3.63, 3.8) is 0 Å². The summed E-state index contributed by atoms with van der Waals surface area (Å²) < 4.78 is 16.2. The molecule has 6 nitrogen and oxygen atoms in total. The molecule has 0 bridgehead atoms. The first-order valence-corrected chi connectivity index (χ1v) is 6.90. The molecule has 1 unspecified atom stereocenters. The summed E-state index contributed by atoms with van der Waals surface area (Å²) in [7, 11) is 1.39. The van der Waals surface area contributed by atoms with Crippen LogP contribution < -0.4 is 9.47 Å². The van der Waals surface area contributed by atoms with Crippen molar-refractivity contribution in [2.45, 2.75) is 33.7 Å². The van der Waals surface area contributed by atoms with E-state index in [0.29, 0.717) is 23.5 Å². The molecule has 1 aliphatic heterocycles. The highest BCUT2D eigenvalue weighted by Gasteiger charge is 2.35. The van der Waals surface area contributed by atoms with Crippen LogP contribution in [0.3, 0.4) is 0 Å². The van der Waals surface area contributed by atoms with Crippen LogP contribution in [0.4, 0.5) is 0 Å². The fraction of sp³-hybridized carbons (Fsp3) is 0.438. The van der Waals surface area contributed by atoms with Gasteiger partial charge >= 0.3 is 5.97 Å². The van der Waals surface area contributed by atoms with E-state index in [9.17, 15) is 15.0 Å². The number of aliphatic hydroxyl groups excluding tert-OH is 1. The van der Waals surface area contributed by atoms with E-state index in [2.05, 4.69) is 0 Å². The third-order valence-electron chi connectivity index (χ3n) is 3.55. The maximum Gasteiger partial charge on any atom is 0.339 e. The van der Waals surface area contributed by atoms with Crippen LogP contribution in [0.5, 0.6) is 11.5 Å². The average molecular weight is 308 g/mol. The zero-order chi connectivity index (χ0) is 16.4. The lowest BCUT2D eigenvalue weighted by atomic mass is 9.96. The minimum absolute atomic E-state index is 0.0745. The Bertz CT molecular complexity index is 628. The van der Waals surface area contributed by atoms with Crippen molar-refractivity contribution in [2.24, 2.45) is 0 Å². The van der Waals surface area contributed by atoms with Gasteiger partial charge in [-0.15, -0.1) is 0 Å². The van der Waals surface area contributed by atoms with Gasteiger partial charge in [-0.3, -0.25) is 0 Å². The molecule has 0 saturated heterocycles. The van der Waals surface area contributed by atoms with Crippen molar-refractivity contribution in [1.82, 2.24) is 0 Å². The van der Waals surface area contributed by atoms with E-state index < -0.39 is 12.3 Å². The summed E-state index contributed by atoms with van der Waals surface area (Å²) in [6, 6.07) is 0. The van der Waals surface area contributed by atoms with Crippen LogP contribution in [0.25, 0.3) is 0 Å². The zero-order valence-electron chi connectivity index (χ0n) is 13.1. The molecular weight excluding hydrogens is 288 g/mol. The van der Waals surface area contributed by atoms with Crippen LogP contribution in [0.1, 0.15) is 47.2 Å². The molecule has 1 heterocycles. The second-order valence-corrected chi connectivity index (χ2v) is 5.32. The second kappa shape index (κ2) is 6.37. The number of ether oxygens (including phenoxy) is 3. The Labute approximate surface area is 128 Å². The maximum atomic E-state index is 11.6. The SMILES string of the molecule is COc1c(C)c(OCC=C(C)C)c2c(c1C(=O)O)C(O)OC2. The number of carbonyl (C=O) groups is 1. The van der Waals surface area contributed by atoms with Gasteiger partial charge in [-0.2, -0.15) is 0 Å². The molecule has 2 N–H and O–H groups in total. The summed E-state index contributed by atoms with van der Waals surface area (Å²) in [5, 5.41) is 19.4. The Kier molecular flexibility index (Phi) is 4.73. The van der Waals surface area contributed by atoms with Crippen molar-refractivity contribution in [3.05, 3.63) is 33.9 Å². The van der Waals surface area contributed by atoms with Gasteiger partial charge in [-0.25, -0.2) is 4.79 Å². The van der Waals surface area contributed by atoms with E-state index in [1.807, 2.05) is 19.9 Å². The Morgan fingerprint density at radius 1 is 1.41 bits per heavy atom. The molecule has 1 aromatic rings. The molecule has 120 valence electrons. The molecule has 0 amide bonds. The lowest BCUT2D eigenvalue weighted by Gasteiger charge is -2.19. The molecule has 2 rings (SSSR count). The molecule has 1 atom stereocenters. The Hall–Kier alpha value is -2.05. The number of hydrogen-bond donors (Lipinski definition) is 2. The first-order valence-electron chi connectivity index (χ1n) is 6.90. The minimum Gasteiger partial charge on any atom is -0.495 e. The van der Waals surface area contributed by atoms with Gasteiger partial charge in [0.25, 0.3) is 0 Å². The average Bonchev–Trinajstić information content (AvgIpc) is 2.81. The van der Waals surface area contributed by atoms with Crippen LogP contribution in [0.2, 0.25) is 0 Å². The highest BCUT2D eigenvalue weighted by atomic mass is 16.6. The largest absolute Gasteiger partial charge is 0.495 e. The molecule has 0 spiro atoms. The summed E-state index contributed by atoms with van der Waals surface area (Å²) in [4.78, 5) is 11.6. The van der Waals surface area contributed by atoms with Gasteiger partial charge in [0.1, 0.15) is 23.7 Å². The van der Waals surface area contributed by atoms with E-state index in [4.69, 9.17) is 14.2 Å². The van der Waals surface area contributed by atoms with Crippen molar-refractivity contribution in [2.75, 3.05) is 13.7 Å². The molecule has 0 aromatic heterocycles. The van der Waals surface area contributed by atoms with Gasteiger partial charge < -0.3 is 24.4 Å². The smallest absolute Gasteiger partial charge is 0.339 e. The highest BCUT2D eigenvalue weighted by molar-refractivity contribution is 5.95. The summed E-state index contributed by atoms with van der Waals surface area (Å²) in [6.07, 6.45) is 0.622. The summed E-state index contributed by atoms with van der Waals surface area (Å²) in [6.45, 7) is 6.10. The molecule has 1 aliphatic rings. The van der Waals surface area contributed by atoms with Crippen molar-refractivity contribution >= 4 is 5.97 Å². The summed E-state index contributed by atoms with van der Waals surface area (Å²) in [5.41, 5.74) is 2.39. The number of aliphatic hydroxyl groups is 1. The monoisotopic (exact) mass is 308 g/mol. The molecule has 0 fully saturated rings. The molecule has 22 heavy (non-hydrogen) atoms. The van der Waals surface area contributed by atoms with Crippen molar-refractivity contribution in [1.29, 1.82) is 0 Å². The van der Waals surface area contributed by atoms with E-state index in [1.165, 1.54) is 7.11 Å². The predicted octanol–water partition coefficient (Wildman–Crippen LogP) is 2.57. The zero-order valence-corrected chi connectivity index (χ0v) is 13.1. The number of allylic oxidation sites excluding steroid dienone is 1. The van der Waals surface area contributed by atoms with Gasteiger partial charge in [-0.1, -0.05) is 5.57 Å². The molecule has 6 heteroatoms. The number of fused-ring (bicyclic) bond motifs is 1. The number of rotatable bonds is 5. The summed E-state index contributed by atoms with van der Waals surface area (Å²) >= 11 is 0. The van der Waals surface area contributed by atoms with E-state index in [-0.39, 0.29) is 23.5 Å². The standard InChI is InChI=1S/C16H20O6/c1-8(2)5-6-21-13-9(3)14(20-4)12(15(17)18)11-10(13)7-22-16(11)19/h5,16,19H,6-7H2,1-4H3,(H,17,18). The fourth-order valence-electron chi connectivity index (χ4n) is 2.53. The van der Waals surface area contributed by atoms with Gasteiger partial charge in [0.15, 0.2) is 6.29 Å². The Balaban J connectivity index is 2.60. The van der Waals surface area contributed by atoms with Gasteiger partial charge in [-0.05, 0) is 26.8 Å². The number of hydrogen-bond acceptors (Lipinski definition) is 5. The molecule has 0 saturated carbocycles.